The molecule has 3 rings (SSSR count). The van der Waals surface area contributed by atoms with E-state index in [1.165, 1.54) is 25.7 Å². The summed E-state index contributed by atoms with van der Waals surface area (Å²) in [6, 6.07) is 9.85. The quantitative estimate of drug-likeness (QED) is 0.452. The topological polar surface area (TPSA) is 58.2 Å². The molecule has 4 nitrogen and oxygen atoms in total. The van der Waals surface area contributed by atoms with Crippen LogP contribution in [0.1, 0.15) is 117 Å². The first kappa shape index (κ1) is 30.2. The molecule has 0 aliphatic heterocycles. The third-order valence-corrected chi connectivity index (χ3v) is 6.61. The van der Waals surface area contributed by atoms with Gasteiger partial charge in [-0.15, -0.1) is 0 Å². The lowest BCUT2D eigenvalue weighted by atomic mass is 9.81. The van der Waals surface area contributed by atoms with Crippen molar-refractivity contribution in [3.63, 3.8) is 0 Å². The highest BCUT2D eigenvalue weighted by atomic mass is 16.2. The average Bonchev–Trinajstić information content (AvgIpc) is 2.83. The normalized spacial score (nSPS) is 24.9. The van der Waals surface area contributed by atoms with E-state index >= 15 is 0 Å². The molecule has 2 saturated carbocycles. The standard InChI is InChI=1S/C24H36N2O2.2C3H8/c1-17-8-6-12-20(14-17)23(27)25-16-22(19-10-4-3-5-11-19)26-24(28)21-13-7-9-18(2)15-21;2*1-3-2/h3-5,10-11,17-18,20-22H,6-9,12-16H2,1-2H3,(H,25,27)(H,26,28);2*3H2,1-2H3. The van der Waals surface area contributed by atoms with Gasteiger partial charge in [-0.05, 0) is 43.1 Å². The van der Waals surface area contributed by atoms with Crippen molar-refractivity contribution in [1.29, 1.82) is 0 Å². The van der Waals surface area contributed by atoms with Crippen LogP contribution in [0.25, 0.3) is 0 Å². The van der Waals surface area contributed by atoms with Crippen molar-refractivity contribution >= 4 is 11.8 Å². The van der Waals surface area contributed by atoms with Gasteiger partial charge >= 0.3 is 0 Å². The molecule has 5 unspecified atom stereocenters. The first-order valence-corrected chi connectivity index (χ1v) is 14.0. The molecular weight excluding hydrogens is 420 g/mol. The molecule has 34 heavy (non-hydrogen) atoms. The lowest BCUT2D eigenvalue weighted by molar-refractivity contribution is -0.129. The molecule has 2 aliphatic rings. The SMILES string of the molecule is CC1CCCC(C(=O)NCC(NC(=O)C2CCCC(C)C2)c2ccccc2)C1.CCC.CCC. The van der Waals surface area contributed by atoms with Crippen LogP contribution in [0.5, 0.6) is 0 Å². The molecule has 2 amide bonds. The van der Waals surface area contributed by atoms with Gasteiger partial charge in [0, 0.05) is 18.4 Å². The molecule has 0 spiro atoms. The van der Waals surface area contributed by atoms with Gasteiger partial charge < -0.3 is 10.6 Å². The molecule has 4 heteroatoms. The van der Waals surface area contributed by atoms with Crippen LogP contribution < -0.4 is 10.6 Å². The van der Waals surface area contributed by atoms with Gasteiger partial charge in [0.15, 0.2) is 0 Å². The Morgan fingerprint density at radius 3 is 1.74 bits per heavy atom. The molecule has 194 valence electrons. The van der Waals surface area contributed by atoms with Crippen molar-refractivity contribution < 1.29 is 9.59 Å². The zero-order chi connectivity index (χ0) is 25.3. The minimum Gasteiger partial charge on any atom is -0.353 e. The van der Waals surface area contributed by atoms with E-state index in [2.05, 4.69) is 52.2 Å². The summed E-state index contributed by atoms with van der Waals surface area (Å²) in [6.45, 7) is 13.4. The Morgan fingerprint density at radius 1 is 0.794 bits per heavy atom. The van der Waals surface area contributed by atoms with Gasteiger partial charge in [-0.3, -0.25) is 9.59 Å². The van der Waals surface area contributed by atoms with Crippen LogP contribution in [0.3, 0.4) is 0 Å². The van der Waals surface area contributed by atoms with Gasteiger partial charge in [0.2, 0.25) is 11.8 Å². The molecule has 0 radical (unpaired) electrons. The van der Waals surface area contributed by atoms with E-state index in [0.717, 1.165) is 44.1 Å². The Hall–Kier alpha value is -1.84. The van der Waals surface area contributed by atoms with E-state index in [1.807, 2.05) is 30.3 Å². The van der Waals surface area contributed by atoms with Crippen molar-refractivity contribution in [3.8, 4) is 0 Å². The van der Waals surface area contributed by atoms with Crippen LogP contribution in [-0.4, -0.2) is 18.4 Å². The van der Waals surface area contributed by atoms with Crippen molar-refractivity contribution in [3.05, 3.63) is 35.9 Å². The van der Waals surface area contributed by atoms with Gasteiger partial charge in [0.1, 0.15) is 0 Å². The number of hydrogen-bond donors (Lipinski definition) is 2. The van der Waals surface area contributed by atoms with Crippen molar-refractivity contribution in [2.75, 3.05) is 6.54 Å². The lowest BCUT2D eigenvalue weighted by Crippen LogP contribution is -2.43. The Morgan fingerprint density at radius 2 is 1.26 bits per heavy atom. The fourth-order valence-electron chi connectivity index (χ4n) is 4.92. The van der Waals surface area contributed by atoms with Crippen LogP contribution in [0, 0.1) is 23.7 Å². The minimum atomic E-state index is -0.170. The number of carbonyl (C=O) groups is 2. The number of carbonyl (C=O) groups excluding carboxylic acids is 2. The van der Waals surface area contributed by atoms with E-state index in [9.17, 15) is 9.59 Å². The third-order valence-electron chi connectivity index (χ3n) is 6.61. The molecule has 5 atom stereocenters. The molecule has 0 saturated heterocycles. The highest BCUT2D eigenvalue weighted by Crippen LogP contribution is 2.30. The molecule has 1 aromatic rings. The van der Waals surface area contributed by atoms with Gasteiger partial charge in [-0.2, -0.15) is 0 Å². The zero-order valence-electron chi connectivity index (χ0n) is 22.9. The number of hydrogen-bond acceptors (Lipinski definition) is 2. The second kappa shape index (κ2) is 17.6. The Labute approximate surface area is 210 Å². The molecule has 0 bridgehead atoms. The maximum atomic E-state index is 12.9. The van der Waals surface area contributed by atoms with E-state index in [-0.39, 0.29) is 29.7 Å². The third kappa shape index (κ3) is 11.5. The zero-order valence-corrected chi connectivity index (χ0v) is 22.9. The van der Waals surface area contributed by atoms with Crippen LogP contribution >= 0.6 is 0 Å². The highest BCUT2D eigenvalue weighted by molar-refractivity contribution is 5.80. The summed E-state index contributed by atoms with van der Waals surface area (Å²) in [6.07, 6.45) is 11.1. The second-order valence-electron chi connectivity index (χ2n) is 10.6. The van der Waals surface area contributed by atoms with Crippen LogP contribution in [0.2, 0.25) is 0 Å². The van der Waals surface area contributed by atoms with Gasteiger partial charge in [-0.1, -0.05) is 110 Å². The molecule has 0 aromatic heterocycles. The molecule has 1 aromatic carbocycles. The predicted octanol–water partition coefficient (Wildman–Crippen LogP) is 7.45. The molecule has 0 heterocycles. The van der Waals surface area contributed by atoms with Gasteiger partial charge in [0.05, 0.1) is 6.04 Å². The Kier molecular flexibility index (Phi) is 15.6. The fraction of sp³-hybridized carbons (Fsp3) is 0.733. The van der Waals surface area contributed by atoms with E-state index in [4.69, 9.17) is 0 Å². The first-order valence-electron chi connectivity index (χ1n) is 14.0. The van der Waals surface area contributed by atoms with Crippen LogP contribution in [0.4, 0.5) is 0 Å². The highest BCUT2D eigenvalue weighted by Gasteiger charge is 2.28. The number of amides is 2. The minimum absolute atomic E-state index is 0.102. The van der Waals surface area contributed by atoms with Crippen molar-refractivity contribution in [2.24, 2.45) is 23.7 Å². The van der Waals surface area contributed by atoms with E-state index < -0.39 is 0 Å². The summed E-state index contributed by atoms with van der Waals surface area (Å²) >= 11 is 0. The summed E-state index contributed by atoms with van der Waals surface area (Å²) < 4.78 is 0. The van der Waals surface area contributed by atoms with Crippen molar-refractivity contribution in [1.82, 2.24) is 10.6 Å². The Bertz CT molecular complexity index is 674. The molecule has 2 fully saturated rings. The first-order chi connectivity index (χ1) is 16.4. The van der Waals surface area contributed by atoms with Crippen molar-refractivity contribution in [2.45, 2.75) is 112 Å². The fourth-order valence-corrected chi connectivity index (χ4v) is 4.92. The summed E-state index contributed by atoms with van der Waals surface area (Å²) in [5.74, 6) is 1.75. The van der Waals surface area contributed by atoms with E-state index in [1.54, 1.807) is 0 Å². The monoisotopic (exact) mass is 472 g/mol. The second-order valence-corrected chi connectivity index (χ2v) is 10.6. The van der Waals surface area contributed by atoms with Crippen LogP contribution in [-0.2, 0) is 9.59 Å². The summed E-state index contributed by atoms with van der Waals surface area (Å²) in [5, 5.41) is 6.37. The number of nitrogens with one attached hydrogen (secondary N) is 2. The molecule has 2 aliphatic carbocycles. The van der Waals surface area contributed by atoms with E-state index in [0.29, 0.717) is 18.4 Å². The summed E-state index contributed by atoms with van der Waals surface area (Å²) in [7, 11) is 0. The number of rotatable bonds is 6. The summed E-state index contributed by atoms with van der Waals surface area (Å²) in [5.41, 5.74) is 1.05. The lowest BCUT2D eigenvalue weighted by Gasteiger charge is -2.29. The molecule has 2 N–H and O–H groups in total. The maximum Gasteiger partial charge on any atom is 0.223 e. The largest absolute Gasteiger partial charge is 0.353 e. The maximum absolute atomic E-state index is 12.9. The Balaban J connectivity index is 0.000000872. The molecular formula is C30H52N2O2. The predicted molar refractivity (Wildman–Crippen MR) is 145 cm³/mol. The average molecular weight is 473 g/mol. The van der Waals surface area contributed by atoms with Gasteiger partial charge in [0.25, 0.3) is 0 Å². The smallest absolute Gasteiger partial charge is 0.223 e. The van der Waals surface area contributed by atoms with Gasteiger partial charge in [-0.25, -0.2) is 0 Å². The summed E-state index contributed by atoms with van der Waals surface area (Å²) in [4.78, 5) is 25.6. The van der Waals surface area contributed by atoms with Crippen LogP contribution in [0.15, 0.2) is 30.3 Å². The number of benzene rings is 1.